The first-order chi connectivity index (χ1) is 22.9. The Hall–Kier alpha value is -5.04. The first kappa shape index (κ1) is 34.8. The summed E-state index contributed by atoms with van der Waals surface area (Å²) in [5.41, 5.74) is 5.14. The van der Waals surface area contributed by atoms with Crippen molar-refractivity contribution in [3.05, 3.63) is 120 Å². The molecule has 0 aromatic heterocycles. The van der Waals surface area contributed by atoms with Crippen LogP contribution in [-0.4, -0.2) is 38.4 Å². The fraction of sp³-hybridized carbons (Fsp3) is 0.275. The van der Waals surface area contributed by atoms with Gasteiger partial charge in [0.05, 0.1) is 18.8 Å². The average Bonchev–Trinajstić information content (AvgIpc) is 3.09. The molecule has 244 valence electrons. The molecule has 0 heterocycles. The molecule has 4 aromatic carbocycles. The van der Waals surface area contributed by atoms with Crippen LogP contribution in [0.1, 0.15) is 66.9 Å². The number of aliphatic imine (C=N–C) groups is 1. The number of halogens is 1. The molecule has 0 spiro atoms. The summed E-state index contributed by atoms with van der Waals surface area (Å²) in [5, 5.41) is 0. The van der Waals surface area contributed by atoms with E-state index in [0.29, 0.717) is 47.0 Å². The minimum atomic E-state index is -0.517. The topological polar surface area (TPSA) is 74.2 Å². The first-order valence-corrected chi connectivity index (χ1v) is 16.1. The fourth-order valence-corrected chi connectivity index (χ4v) is 5.09. The molecule has 0 atom stereocenters. The Labute approximate surface area is 276 Å². The molecule has 0 radical (unpaired) electrons. The summed E-state index contributed by atoms with van der Waals surface area (Å²) >= 11 is 0. The molecule has 0 bridgehead atoms. The lowest BCUT2D eigenvalue weighted by Crippen LogP contribution is -2.09. The molecule has 0 fully saturated rings. The first-order valence-electron chi connectivity index (χ1n) is 16.1. The third-order valence-corrected chi connectivity index (χ3v) is 7.68. The van der Waals surface area contributed by atoms with Crippen LogP contribution in [0.15, 0.2) is 103 Å². The van der Waals surface area contributed by atoms with E-state index in [0.717, 1.165) is 62.1 Å². The molecule has 4 aromatic rings. The molecular weight excluding hydrogens is 593 g/mol. The summed E-state index contributed by atoms with van der Waals surface area (Å²) in [6.45, 7) is 6.48. The minimum absolute atomic E-state index is 0.327. The van der Waals surface area contributed by atoms with Crippen LogP contribution >= 0.6 is 0 Å². The van der Waals surface area contributed by atoms with Gasteiger partial charge in [0.15, 0.2) is 0 Å². The van der Waals surface area contributed by atoms with Crippen molar-refractivity contribution in [1.82, 2.24) is 0 Å². The molecule has 0 aliphatic carbocycles. The summed E-state index contributed by atoms with van der Waals surface area (Å²) in [6, 6.07) is 25.4. The predicted molar refractivity (Wildman–Crippen MR) is 186 cm³/mol. The predicted octanol–water partition coefficient (Wildman–Crippen LogP) is 9.44. The number of nitrogens with zero attached hydrogens (tertiary/aromatic N) is 1. The summed E-state index contributed by atoms with van der Waals surface area (Å²) in [6.07, 6.45) is 9.66. The highest BCUT2D eigenvalue weighted by Crippen LogP contribution is 2.32. The largest absolute Gasteiger partial charge is 0.494 e. The highest BCUT2D eigenvalue weighted by Gasteiger charge is 2.15. The number of rotatable bonds is 17. The lowest BCUT2D eigenvalue weighted by atomic mass is 9.96. The van der Waals surface area contributed by atoms with Gasteiger partial charge in [-0.3, -0.25) is 4.99 Å². The Morgan fingerprint density at radius 1 is 0.787 bits per heavy atom. The van der Waals surface area contributed by atoms with Crippen LogP contribution in [0.25, 0.3) is 22.3 Å². The third-order valence-electron chi connectivity index (χ3n) is 7.68. The molecule has 0 amide bonds. The number of carbonyl (C=O) groups excluding carboxylic acids is 2. The summed E-state index contributed by atoms with van der Waals surface area (Å²) in [4.78, 5) is 28.1. The van der Waals surface area contributed by atoms with Crippen molar-refractivity contribution in [3.63, 3.8) is 0 Å². The van der Waals surface area contributed by atoms with Gasteiger partial charge in [0.1, 0.15) is 17.3 Å². The molecule has 0 unspecified atom stereocenters. The SMILES string of the molecule is C=CC(=O)OCCCCCCOc1ccc(C(=O)Oc2ccc(-c3ccc(-c4ccc(CCCC)cc4)cc3F)c(C=NC)c2)cc1. The van der Waals surface area contributed by atoms with E-state index in [1.807, 2.05) is 18.2 Å². The second-order valence-electron chi connectivity index (χ2n) is 11.2. The Morgan fingerprint density at radius 2 is 1.47 bits per heavy atom. The van der Waals surface area contributed by atoms with Gasteiger partial charge in [0.2, 0.25) is 0 Å². The van der Waals surface area contributed by atoms with Crippen molar-refractivity contribution in [2.24, 2.45) is 4.99 Å². The number of carbonyl (C=O) groups is 2. The quantitative estimate of drug-likeness (QED) is 0.0380. The minimum Gasteiger partial charge on any atom is -0.494 e. The normalized spacial score (nSPS) is 11.0. The van der Waals surface area contributed by atoms with Crippen LogP contribution < -0.4 is 9.47 Å². The van der Waals surface area contributed by atoms with E-state index >= 15 is 4.39 Å². The van der Waals surface area contributed by atoms with Crippen LogP contribution in [-0.2, 0) is 16.0 Å². The zero-order chi connectivity index (χ0) is 33.4. The van der Waals surface area contributed by atoms with E-state index in [4.69, 9.17) is 14.2 Å². The number of hydrogen-bond acceptors (Lipinski definition) is 6. The van der Waals surface area contributed by atoms with Gasteiger partial charge in [-0.25, -0.2) is 14.0 Å². The maximum absolute atomic E-state index is 15.5. The summed E-state index contributed by atoms with van der Waals surface area (Å²) in [5.74, 6) is -0.278. The van der Waals surface area contributed by atoms with Gasteiger partial charge in [-0.15, -0.1) is 0 Å². The maximum atomic E-state index is 15.5. The second kappa shape index (κ2) is 18.2. The smallest absolute Gasteiger partial charge is 0.343 e. The molecule has 0 N–H and O–H groups in total. The molecule has 0 saturated carbocycles. The standard InChI is InChI=1S/C40H42FNO5/c1-4-6-11-29-12-14-30(15-13-29)32-18-22-37(38(41)27-32)36-23-21-35(26-33(36)28-42-3)47-40(44)31-16-19-34(20-17-31)45-24-9-7-8-10-25-46-39(43)5-2/h5,12-23,26-28H,2,4,6-11,24-25H2,1,3H3. The van der Waals surface area contributed by atoms with Crippen molar-refractivity contribution < 1.29 is 28.2 Å². The zero-order valence-corrected chi connectivity index (χ0v) is 27.2. The number of benzene rings is 4. The van der Waals surface area contributed by atoms with Crippen LogP contribution in [0.2, 0.25) is 0 Å². The lowest BCUT2D eigenvalue weighted by Gasteiger charge is -2.12. The molecule has 4 rings (SSSR count). The summed E-state index contributed by atoms with van der Waals surface area (Å²) in [7, 11) is 1.64. The van der Waals surface area contributed by atoms with Gasteiger partial charge in [0, 0.05) is 30.5 Å². The zero-order valence-electron chi connectivity index (χ0n) is 27.2. The molecule has 0 aliphatic heterocycles. The van der Waals surface area contributed by atoms with Crippen LogP contribution in [0.5, 0.6) is 11.5 Å². The van der Waals surface area contributed by atoms with Gasteiger partial charge >= 0.3 is 11.9 Å². The lowest BCUT2D eigenvalue weighted by molar-refractivity contribution is -0.137. The number of ether oxygens (including phenoxy) is 3. The number of esters is 2. The van der Waals surface area contributed by atoms with Gasteiger partial charge in [-0.2, -0.15) is 0 Å². The Bertz CT molecular complexity index is 1660. The van der Waals surface area contributed by atoms with Crippen LogP contribution in [0.4, 0.5) is 4.39 Å². The van der Waals surface area contributed by atoms with Crippen molar-refractivity contribution in [2.45, 2.75) is 51.9 Å². The van der Waals surface area contributed by atoms with E-state index in [2.05, 4.69) is 30.6 Å². The van der Waals surface area contributed by atoms with E-state index in [-0.39, 0.29) is 5.82 Å². The van der Waals surface area contributed by atoms with Crippen molar-refractivity contribution >= 4 is 18.2 Å². The van der Waals surface area contributed by atoms with Gasteiger partial charge in [0.25, 0.3) is 0 Å². The van der Waals surface area contributed by atoms with E-state index in [1.54, 1.807) is 67.9 Å². The highest BCUT2D eigenvalue weighted by atomic mass is 19.1. The van der Waals surface area contributed by atoms with Crippen molar-refractivity contribution in [3.8, 4) is 33.8 Å². The van der Waals surface area contributed by atoms with Crippen molar-refractivity contribution in [1.29, 1.82) is 0 Å². The average molecular weight is 636 g/mol. The van der Waals surface area contributed by atoms with Gasteiger partial charge in [-0.1, -0.05) is 56.3 Å². The summed E-state index contributed by atoms with van der Waals surface area (Å²) < 4.78 is 31.9. The fourth-order valence-electron chi connectivity index (χ4n) is 5.09. The second-order valence-corrected chi connectivity index (χ2v) is 11.2. The van der Waals surface area contributed by atoms with Gasteiger partial charge < -0.3 is 14.2 Å². The highest BCUT2D eigenvalue weighted by molar-refractivity contribution is 5.94. The van der Waals surface area contributed by atoms with Crippen LogP contribution in [0.3, 0.4) is 0 Å². The Balaban J connectivity index is 1.34. The molecule has 7 heteroatoms. The maximum Gasteiger partial charge on any atom is 0.343 e. The number of aryl methyl sites for hydroxylation is 1. The molecular formula is C40H42FNO5. The number of hydrogen-bond donors (Lipinski definition) is 0. The van der Waals surface area contributed by atoms with E-state index < -0.39 is 11.9 Å². The van der Waals surface area contributed by atoms with E-state index in [9.17, 15) is 9.59 Å². The monoisotopic (exact) mass is 635 g/mol. The third kappa shape index (κ3) is 10.5. The van der Waals surface area contributed by atoms with Crippen molar-refractivity contribution in [2.75, 3.05) is 20.3 Å². The Morgan fingerprint density at radius 3 is 2.15 bits per heavy atom. The molecule has 0 saturated heterocycles. The Kier molecular flexibility index (Phi) is 13.5. The van der Waals surface area contributed by atoms with Crippen LogP contribution in [0, 0.1) is 5.82 Å². The number of unbranched alkanes of at least 4 members (excludes halogenated alkanes) is 4. The molecule has 6 nitrogen and oxygen atoms in total. The van der Waals surface area contributed by atoms with Gasteiger partial charge in [-0.05, 0) is 109 Å². The molecule has 47 heavy (non-hydrogen) atoms. The van der Waals surface area contributed by atoms with E-state index in [1.165, 1.54) is 5.56 Å². The molecule has 0 aliphatic rings.